The minimum absolute atomic E-state index is 0.0301. The molecule has 3 fully saturated rings. The van der Waals surface area contributed by atoms with Crippen molar-refractivity contribution >= 4 is 28.9 Å². The maximum atomic E-state index is 13.4. The van der Waals surface area contributed by atoms with Gasteiger partial charge in [0.2, 0.25) is 12.5 Å². The van der Waals surface area contributed by atoms with Gasteiger partial charge in [-0.3, -0.25) is 19.4 Å². The number of carbonyl (C=O) groups excluding carboxylic acids is 3. The summed E-state index contributed by atoms with van der Waals surface area (Å²) in [6.07, 6.45) is -3.85. The average Bonchev–Trinajstić information content (AvgIpc) is 3.96. The molecule has 20 nitrogen and oxygen atoms in total. The van der Waals surface area contributed by atoms with E-state index in [0.717, 1.165) is 0 Å². The lowest BCUT2D eigenvalue weighted by atomic mass is 9.66. The molecule has 9 N–H and O–H groups in total. The number of phenols is 1. The molecule has 4 aromatic rings. The topological polar surface area (TPSA) is 284 Å². The number of methoxy groups -OCH3 is 2. The number of carbonyl (C=O) groups is 3. The third kappa shape index (κ3) is 7.91. The Morgan fingerprint density at radius 3 is 2.08 bits per heavy atom. The van der Waals surface area contributed by atoms with Gasteiger partial charge in [-0.15, -0.1) is 0 Å². The lowest BCUT2D eigenvalue weighted by Gasteiger charge is -2.47. The molecule has 2 aliphatic carbocycles. The van der Waals surface area contributed by atoms with Crippen molar-refractivity contribution in [3.05, 3.63) is 93.8 Å². The molecule has 3 saturated heterocycles. The quantitative estimate of drug-likeness (QED) is 0.0932. The van der Waals surface area contributed by atoms with E-state index < -0.39 is 66.8 Å². The SMILES string of the molecule is COc1cc([C@@H]2c3cc4c(cc3C(O[C@@H]3O[C@@H]5CO[C@@H](C)O[C@H]5[C@H](O)[C@H]3O)C3COC(=O)[C@@H]32)OCO4)cc(OC)c1O.NCCNc1ccc(NCCN)c2c1C(=O)c1ccncc1C2=O. The number of nitrogens with two attached hydrogens (primary N) is 2. The van der Waals surface area contributed by atoms with Crippen LogP contribution in [0.4, 0.5) is 11.4 Å². The van der Waals surface area contributed by atoms with E-state index in [0.29, 0.717) is 88.0 Å². The van der Waals surface area contributed by atoms with E-state index in [2.05, 4.69) is 15.6 Å². The molecule has 1 aromatic heterocycles. The second kappa shape index (κ2) is 18.6. The van der Waals surface area contributed by atoms with Crippen molar-refractivity contribution in [2.24, 2.45) is 23.3 Å². The van der Waals surface area contributed by atoms with Crippen LogP contribution >= 0.6 is 0 Å². The first-order valence-corrected chi connectivity index (χ1v) is 21.5. The second-order valence-corrected chi connectivity index (χ2v) is 16.4. The number of ketones is 2. The number of nitrogens with one attached hydrogen (secondary N) is 2. The fourth-order valence-corrected chi connectivity index (χ4v) is 9.56. The number of esters is 1. The number of ether oxygens (including phenoxy) is 9. The molecule has 6 aliphatic rings. The highest BCUT2D eigenvalue weighted by atomic mass is 16.8. The number of benzene rings is 3. The minimum Gasteiger partial charge on any atom is -0.502 e. The molecule has 10 atom stereocenters. The van der Waals surface area contributed by atoms with Gasteiger partial charge < -0.3 is 80.1 Å². The fraction of sp³-hybridized carbons (Fsp3) is 0.435. The predicted octanol–water partition coefficient (Wildman–Crippen LogP) is 1.94. The third-order valence-electron chi connectivity index (χ3n) is 12.6. The number of fused-ring (bicyclic) bond motifs is 6. The first-order valence-electron chi connectivity index (χ1n) is 21.5. The van der Waals surface area contributed by atoms with Crippen LogP contribution in [0.1, 0.15) is 67.5 Å². The number of hydrogen-bond acceptors (Lipinski definition) is 20. The van der Waals surface area contributed by atoms with Crippen LogP contribution in [0.15, 0.2) is 54.9 Å². The molecule has 20 heteroatoms. The van der Waals surface area contributed by atoms with Crippen molar-refractivity contribution in [1.29, 1.82) is 0 Å². The average molecular weight is 914 g/mol. The van der Waals surface area contributed by atoms with E-state index in [9.17, 15) is 29.7 Å². The van der Waals surface area contributed by atoms with Gasteiger partial charge in [-0.25, -0.2) is 0 Å². The first kappa shape index (κ1) is 45.1. The van der Waals surface area contributed by atoms with Gasteiger partial charge in [0.05, 0.1) is 56.1 Å². The molecule has 4 aliphatic heterocycles. The number of aliphatic hydroxyl groups excluding tert-OH is 2. The normalized spacial score (nSPS) is 27.8. The molecular formula is C46H51N5O15. The molecule has 0 bridgehead atoms. The molecule has 0 amide bonds. The number of cyclic esters (lactones) is 1. The predicted molar refractivity (Wildman–Crippen MR) is 231 cm³/mol. The summed E-state index contributed by atoms with van der Waals surface area (Å²) in [5.41, 5.74) is 15.7. The van der Waals surface area contributed by atoms with Crippen LogP contribution < -0.4 is 41.0 Å². The Morgan fingerprint density at radius 2 is 1.44 bits per heavy atom. The summed E-state index contributed by atoms with van der Waals surface area (Å²) in [7, 11) is 2.86. The summed E-state index contributed by atoms with van der Waals surface area (Å²) >= 11 is 0. The van der Waals surface area contributed by atoms with Crippen molar-refractivity contribution in [2.45, 2.75) is 55.9 Å². The van der Waals surface area contributed by atoms with Crippen molar-refractivity contribution in [2.75, 3.05) is 71.0 Å². The van der Waals surface area contributed by atoms with Crippen molar-refractivity contribution in [1.82, 2.24) is 4.98 Å². The number of nitrogens with zero attached hydrogens (tertiary/aromatic N) is 1. The van der Waals surface area contributed by atoms with Crippen LogP contribution in [-0.4, -0.2) is 135 Å². The molecule has 0 spiro atoms. The number of aliphatic hydroxyl groups is 2. The van der Waals surface area contributed by atoms with Gasteiger partial charge in [0.25, 0.3) is 0 Å². The summed E-state index contributed by atoms with van der Waals surface area (Å²) in [5, 5.41) is 38.8. The van der Waals surface area contributed by atoms with Gasteiger partial charge in [-0.05, 0) is 66.1 Å². The smallest absolute Gasteiger partial charge is 0.310 e. The van der Waals surface area contributed by atoms with Crippen LogP contribution in [-0.2, 0) is 28.5 Å². The Balaban J connectivity index is 0.000000194. The highest BCUT2D eigenvalue weighted by Gasteiger charge is 2.56. The molecule has 10 rings (SSSR count). The van der Waals surface area contributed by atoms with E-state index >= 15 is 0 Å². The van der Waals surface area contributed by atoms with Crippen LogP contribution in [0, 0.1) is 11.8 Å². The van der Waals surface area contributed by atoms with E-state index in [1.807, 2.05) is 0 Å². The minimum atomic E-state index is -1.44. The van der Waals surface area contributed by atoms with E-state index in [4.69, 9.17) is 54.1 Å². The number of anilines is 2. The van der Waals surface area contributed by atoms with Gasteiger partial charge in [-0.1, -0.05) is 0 Å². The Hall–Kier alpha value is -6.10. The Kier molecular flexibility index (Phi) is 12.7. The van der Waals surface area contributed by atoms with E-state index in [-0.39, 0.29) is 48.8 Å². The summed E-state index contributed by atoms with van der Waals surface area (Å²) in [6, 6.07) is 12.1. The van der Waals surface area contributed by atoms with Crippen LogP contribution in [0.3, 0.4) is 0 Å². The molecule has 0 saturated carbocycles. The first-order chi connectivity index (χ1) is 32.0. The molecule has 0 radical (unpaired) electrons. The molecule has 2 unspecified atom stereocenters. The summed E-state index contributed by atoms with van der Waals surface area (Å²) < 4.78 is 51.5. The number of aromatic nitrogens is 1. The lowest BCUT2D eigenvalue weighted by Crippen LogP contribution is -2.63. The molecular weight excluding hydrogens is 863 g/mol. The van der Waals surface area contributed by atoms with Crippen LogP contribution in [0.5, 0.6) is 28.7 Å². The Bertz CT molecular complexity index is 2430. The number of rotatable bonds is 11. The van der Waals surface area contributed by atoms with E-state index in [1.54, 1.807) is 49.4 Å². The number of phenolic OH excluding ortho intramolecular Hbond substituents is 1. The van der Waals surface area contributed by atoms with Gasteiger partial charge in [0.15, 0.2) is 47.1 Å². The maximum absolute atomic E-state index is 13.4. The number of pyridine rings is 1. The Labute approximate surface area is 378 Å². The van der Waals surface area contributed by atoms with Crippen LogP contribution in [0.25, 0.3) is 0 Å². The zero-order chi connectivity index (χ0) is 46.4. The summed E-state index contributed by atoms with van der Waals surface area (Å²) in [6.45, 7) is 3.78. The maximum Gasteiger partial charge on any atom is 0.310 e. The summed E-state index contributed by atoms with van der Waals surface area (Å²) in [4.78, 5) is 43.3. The fourth-order valence-electron chi connectivity index (χ4n) is 9.56. The van der Waals surface area contributed by atoms with Gasteiger partial charge >= 0.3 is 5.97 Å². The zero-order valence-corrected chi connectivity index (χ0v) is 36.3. The summed E-state index contributed by atoms with van der Waals surface area (Å²) in [5.74, 6) is -1.44. The van der Waals surface area contributed by atoms with Gasteiger partial charge in [-0.2, -0.15) is 0 Å². The monoisotopic (exact) mass is 913 g/mol. The second-order valence-electron chi connectivity index (χ2n) is 16.4. The van der Waals surface area contributed by atoms with Gasteiger partial charge in [0.1, 0.15) is 24.4 Å². The molecule has 3 aromatic carbocycles. The molecule has 350 valence electrons. The van der Waals surface area contributed by atoms with Gasteiger partial charge in [0, 0.05) is 67.3 Å². The lowest BCUT2D eigenvalue weighted by molar-refractivity contribution is -0.364. The zero-order valence-electron chi connectivity index (χ0n) is 36.3. The largest absolute Gasteiger partial charge is 0.502 e. The number of hydrogen-bond donors (Lipinski definition) is 7. The highest BCUT2D eigenvalue weighted by Crippen LogP contribution is 2.57. The van der Waals surface area contributed by atoms with Crippen LogP contribution in [0.2, 0.25) is 0 Å². The van der Waals surface area contributed by atoms with E-state index in [1.165, 1.54) is 26.6 Å². The van der Waals surface area contributed by atoms with Crippen molar-refractivity contribution in [3.63, 3.8) is 0 Å². The third-order valence-corrected chi connectivity index (χ3v) is 12.6. The molecule has 5 heterocycles. The Morgan fingerprint density at radius 1 is 0.803 bits per heavy atom. The highest BCUT2D eigenvalue weighted by molar-refractivity contribution is 6.31. The molecule has 66 heavy (non-hydrogen) atoms. The number of aromatic hydroxyl groups is 1. The van der Waals surface area contributed by atoms with Crippen molar-refractivity contribution in [3.8, 4) is 28.7 Å². The standard InChI is InChI=1S/C29H32O13.C17H19N5O2/c1-11-36-9-20-27(40-11)24(31)25(32)29(41-20)42-26-14-7-17-16(38-10-39-17)6-13(14)21(22-15(26)8-37-28(22)33)12-4-18(34-2)23(30)19(5-12)35-3;18-4-7-21-12-1-2-13(22-8-5-19)15-14(12)16(23)10-3-6-20-9-11(10)17(15)24/h4-7,11,15,20-22,24-27,29-32H,8-10H2,1-3H3;1-3,6,9,21-22H,4-5,7-8,18-19H2/t11-,15?,20-,21-,22+,24-,25-,26?,27-,29+;/m1./s1. The van der Waals surface area contributed by atoms with Crippen molar-refractivity contribution < 1.29 is 72.3 Å².